The minimum atomic E-state index is -0.0913. The van der Waals surface area contributed by atoms with Crippen LogP contribution in [0.25, 0.3) is 0 Å². The van der Waals surface area contributed by atoms with Gasteiger partial charge in [0.25, 0.3) is 5.91 Å². The van der Waals surface area contributed by atoms with Crippen molar-refractivity contribution in [3.63, 3.8) is 0 Å². The smallest absolute Gasteiger partial charge is 0.260 e. The summed E-state index contributed by atoms with van der Waals surface area (Å²) in [7, 11) is 0. The van der Waals surface area contributed by atoms with Crippen LogP contribution in [0, 0.1) is 0 Å². The van der Waals surface area contributed by atoms with Crippen LogP contribution < -0.4 is 14.2 Å². The zero-order chi connectivity index (χ0) is 19.9. The van der Waals surface area contributed by atoms with Crippen LogP contribution in [-0.2, 0) is 17.9 Å². The Labute approximate surface area is 169 Å². The second-order valence-electron chi connectivity index (χ2n) is 6.63. The molecule has 0 N–H and O–H groups in total. The van der Waals surface area contributed by atoms with E-state index in [1.54, 1.807) is 17.0 Å². The third-order valence-electron chi connectivity index (χ3n) is 4.55. The molecule has 2 heterocycles. The molecule has 0 aliphatic carbocycles. The van der Waals surface area contributed by atoms with Crippen LogP contribution in [0.5, 0.6) is 17.4 Å². The predicted octanol–water partition coefficient (Wildman–Crippen LogP) is 3.46. The summed E-state index contributed by atoms with van der Waals surface area (Å²) in [5.74, 6) is 1.80. The third-order valence-corrected chi connectivity index (χ3v) is 4.55. The maximum atomic E-state index is 12.4. The first kappa shape index (κ1) is 18.8. The van der Waals surface area contributed by atoms with Crippen molar-refractivity contribution in [3.8, 4) is 17.4 Å². The fourth-order valence-corrected chi connectivity index (χ4v) is 3.02. The van der Waals surface area contributed by atoms with E-state index in [2.05, 4.69) is 4.98 Å². The second kappa shape index (κ2) is 9.10. The number of carbonyl (C=O) groups excluding carboxylic acids is 1. The zero-order valence-electron chi connectivity index (χ0n) is 16.0. The topological polar surface area (TPSA) is 60.9 Å². The Hall–Kier alpha value is -3.54. The molecule has 1 aromatic heterocycles. The molecular formula is C23H22N2O4. The number of benzene rings is 2. The summed E-state index contributed by atoms with van der Waals surface area (Å²) in [5.41, 5.74) is 1.75. The standard InChI is InChI=1S/C23H22N2O4/c26-23-17-28-21-11-12-22(29-16-18-7-3-1-4-8-18)24-20(21)15-25(23)13-14-27-19-9-5-2-6-10-19/h1-12H,13-17H2. The fraction of sp³-hybridized carbons (Fsp3) is 0.217. The maximum Gasteiger partial charge on any atom is 0.260 e. The quantitative estimate of drug-likeness (QED) is 0.618. The van der Waals surface area contributed by atoms with Crippen molar-refractivity contribution < 1.29 is 19.0 Å². The molecule has 148 valence electrons. The van der Waals surface area contributed by atoms with Gasteiger partial charge in [0.05, 0.1) is 13.1 Å². The summed E-state index contributed by atoms with van der Waals surface area (Å²) >= 11 is 0. The lowest BCUT2D eigenvalue weighted by atomic mass is 10.2. The Morgan fingerprint density at radius 3 is 2.48 bits per heavy atom. The van der Waals surface area contributed by atoms with Crippen molar-refractivity contribution in [1.82, 2.24) is 9.88 Å². The number of hydrogen-bond acceptors (Lipinski definition) is 5. The van der Waals surface area contributed by atoms with E-state index < -0.39 is 0 Å². The highest BCUT2D eigenvalue weighted by Gasteiger charge is 2.23. The monoisotopic (exact) mass is 390 g/mol. The maximum absolute atomic E-state index is 12.4. The lowest BCUT2D eigenvalue weighted by molar-refractivity contribution is -0.133. The molecule has 0 saturated heterocycles. The molecule has 29 heavy (non-hydrogen) atoms. The third kappa shape index (κ3) is 5.04. The number of para-hydroxylation sites is 1. The van der Waals surface area contributed by atoms with Gasteiger partial charge in [-0.25, -0.2) is 4.98 Å². The van der Waals surface area contributed by atoms with Crippen molar-refractivity contribution in [1.29, 1.82) is 0 Å². The van der Waals surface area contributed by atoms with Gasteiger partial charge in [-0.15, -0.1) is 0 Å². The molecule has 0 spiro atoms. The van der Waals surface area contributed by atoms with Gasteiger partial charge < -0.3 is 19.1 Å². The lowest BCUT2D eigenvalue weighted by Gasteiger charge is -2.19. The molecule has 2 aromatic carbocycles. The van der Waals surface area contributed by atoms with Gasteiger partial charge in [-0.3, -0.25) is 4.79 Å². The number of amides is 1. The van der Waals surface area contributed by atoms with Crippen LogP contribution in [0.2, 0.25) is 0 Å². The van der Waals surface area contributed by atoms with Crippen molar-refractivity contribution in [2.75, 3.05) is 19.8 Å². The molecule has 0 bridgehead atoms. The Bertz CT molecular complexity index is 948. The molecule has 0 unspecified atom stereocenters. The van der Waals surface area contributed by atoms with E-state index in [4.69, 9.17) is 14.2 Å². The Morgan fingerprint density at radius 2 is 1.69 bits per heavy atom. The SMILES string of the molecule is O=C1COc2ccc(OCc3ccccc3)nc2CN1CCOc1ccccc1. The summed E-state index contributed by atoms with van der Waals surface area (Å²) in [6.45, 7) is 1.63. The lowest BCUT2D eigenvalue weighted by Crippen LogP contribution is -2.35. The summed E-state index contributed by atoms with van der Waals surface area (Å²) in [4.78, 5) is 18.7. The molecule has 3 aromatic rings. The Balaban J connectivity index is 1.39. The molecule has 1 aliphatic rings. The number of hydrogen-bond donors (Lipinski definition) is 0. The summed E-state index contributed by atoms with van der Waals surface area (Å²) in [6, 6.07) is 23.0. The van der Waals surface area contributed by atoms with E-state index in [9.17, 15) is 4.79 Å². The van der Waals surface area contributed by atoms with Crippen LogP contribution in [-0.4, -0.2) is 35.5 Å². The first-order valence-electron chi connectivity index (χ1n) is 9.53. The molecule has 1 amide bonds. The molecule has 6 heteroatoms. The van der Waals surface area contributed by atoms with Crippen molar-refractivity contribution in [3.05, 3.63) is 84.1 Å². The summed E-state index contributed by atoms with van der Waals surface area (Å²) in [5, 5.41) is 0. The van der Waals surface area contributed by atoms with E-state index in [-0.39, 0.29) is 12.5 Å². The normalized spacial score (nSPS) is 13.2. The molecule has 1 aliphatic heterocycles. The Kier molecular flexibility index (Phi) is 5.90. The summed E-state index contributed by atoms with van der Waals surface area (Å²) in [6.07, 6.45) is 0. The fourth-order valence-electron chi connectivity index (χ4n) is 3.02. The number of carbonyl (C=O) groups is 1. The van der Waals surface area contributed by atoms with Crippen LogP contribution in [0.15, 0.2) is 72.8 Å². The van der Waals surface area contributed by atoms with Crippen LogP contribution in [0.1, 0.15) is 11.3 Å². The van der Waals surface area contributed by atoms with Gasteiger partial charge in [0, 0.05) is 6.07 Å². The highest BCUT2D eigenvalue weighted by atomic mass is 16.5. The van der Waals surface area contributed by atoms with Crippen molar-refractivity contribution in [2.24, 2.45) is 0 Å². The number of nitrogens with zero attached hydrogens (tertiary/aromatic N) is 2. The highest BCUT2D eigenvalue weighted by Crippen LogP contribution is 2.25. The van der Waals surface area contributed by atoms with Crippen LogP contribution >= 0.6 is 0 Å². The average Bonchev–Trinajstić information content (AvgIpc) is 2.92. The number of pyridine rings is 1. The number of aromatic nitrogens is 1. The van der Waals surface area contributed by atoms with Gasteiger partial charge in [-0.05, 0) is 23.8 Å². The van der Waals surface area contributed by atoms with E-state index in [0.29, 0.717) is 43.6 Å². The molecule has 4 rings (SSSR count). The molecule has 0 fully saturated rings. The molecule has 0 saturated carbocycles. The molecule has 0 radical (unpaired) electrons. The van der Waals surface area contributed by atoms with Crippen LogP contribution in [0.3, 0.4) is 0 Å². The molecule has 0 atom stereocenters. The van der Waals surface area contributed by atoms with Gasteiger partial charge in [0.1, 0.15) is 30.4 Å². The first-order chi connectivity index (χ1) is 14.3. The van der Waals surface area contributed by atoms with E-state index >= 15 is 0 Å². The van der Waals surface area contributed by atoms with Gasteiger partial charge in [-0.2, -0.15) is 0 Å². The van der Waals surface area contributed by atoms with Gasteiger partial charge >= 0.3 is 0 Å². The number of ether oxygens (including phenoxy) is 3. The molecule has 6 nitrogen and oxygen atoms in total. The zero-order valence-corrected chi connectivity index (χ0v) is 16.0. The van der Waals surface area contributed by atoms with E-state index in [1.165, 1.54) is 0 Å². The van der Waals surface area contributed by atoms with Gasteiger partial charge in [0.2, 0.25) is 5.88 Å². The second-order valence-corrected chi connectivity index (χ2v) is 6.63. The summed E-state index contributed by atoms with van der Waals surface area (Å²) < 4.78 is 17.1. The molecular weight excluding hydrogens is 368 g/mol. The van der Waals surface area contributed by atoms with Gasteiger partial charge in [0.15, 0.2) is 6.61 Å². The van der Waals surface area contributed by atoms with E-state index in [0.717, 1.165) is 11.3 Å². The first-order valence-corrected chi connectivity index (χ1v) is 9.53. The minimum absolute atomic E-state index is 0.00969. The number of rotatable bonds is 7. The van der Waals surface area contributed by atoms with Crippen LogP contribution in [0.4, 0.5) is 0 Å². The van der Waals surface area contributed by atoms with Crippen molar-refractivity contribution >= 4 is 5.91 Å². The van der Waals surface area contributed by atoms with E-state index in [1.807, 2.05) is 60.7 Å². The number of fused-ring (bicyclic) bond motifs is 1. The highest BCUT2D eigenvalue weighted by molar-refractivity contribution is 5.78. The predicted molar refractivity (Wildman–Crippen MR) is 108 cm³/mol. The van der Waals surface area contributed by atoms with Gasteiger partial charge in [-0.1, -0.05) is 48.5 Å². The Morgan fingerprint density at radius 1 is 0.931 bits per heavy atom. The minimum Gasteiger partial charge on any atom is -0.492 e. The average molecular weight is 390 g/mol. The largest absolute Gasteiger partial charge is 0.492 e. The van der Waals surface area contributed by atoms with Crippen molar-refractivity contribution in [2.45, 2.75) is 13.2 Å².